The van der Waals surface area contributed by atoms with Gasteiger partial charge in [0.1, 0.15) is 5.75 Å². The molecule has 138 valence electrons. The normalized spacial score (nSPS) is 11.4. The molecule has 10 heteroatoms. The van der Waals surface area contributed by atoms with Gasteiger partial charge >= 0.3 is 11.3 Å². The average molecular weight is 370 g/mol. The predicted octanol–water partition coefficient (Wildman–Crippen LogP) is 0.908. The Bertz CT molecular complexity index is 1080. The van der Waals surface area contributed by atoms with Crippen molar-refractivity contribution < 1.29 is 24.0 Å². The van der Waals surface area contributed by atoms with Crippen LogP contribution in [-0.4, -0.2) is 23.2 Å². The minimum absolute atomic E-state index is 0.0936. The molecule has 0 atom stereocenters. The third kappa shape index (κ3) is 3.54. The average Bonchev–Trinajstić information content (AvgIpc) is 3.05. The summed E-state index contributed by atoms with van der Waals surface area (Å²) in [7, 11) is 1.51. The Hall–Kier alpha value is -3.95. The molecule has 10 nitrogen and oxygen atoms in total. The van der Waals surface area contributed by atoms with Gasteiger partial charge in [-0.3, -0.25) is 19.6 Å². The first-order valence-corrected chi connectivity index (χ1v) is 7.70. The van der Waals surface area contributed by atoms with Crippen LogP contribution >= 0.6 is 0 Å². The number of nitrogens with zero attached hydrogens (tertiary/aromatic N) is 3. The molecule has 0 aliphatic carbocycles. The van der Waals surface area contributed by atoms with Crippen LogP contribution in [0.15, 0.2) is 56.8 Å². The summed E-state index contributed by atoms with van der Waals surface area (Å²) < 4.78 is 10.9. The molecule has 0 unspecified atom stereocenters. The number of nitro groups is 1. The van der Waals surface area contributed by atoms with E-state index >= 15 is 0 Å². The molecule has 0 aliphatic rings. The van der Waals surface area contributed by atoms with Crippen molar-refractivity contribution in [2.75, 3.05) is 7.11 Å². The van der Waals surface area contributed by atoms with Crippen LogP contribution in [0.25, 0.3) is 5.69 Å². The number of nitrogens with one attached hydrogen (secondary N) is 1. The number of hydrogen-bond acceptors (Lipinski definition) is 7. The lowest BCUT2D eigenvalue weighted by molar-refractivity contribution is -0.673. The van der Waals surface area contributed by atoms with Gasteiger partial charge in [0.25, 0.3) is 5.69 Å². The van der Waals surface area contributed by atoms with Gasteiger partial charge in [-0.1, -0.05) is 6.07 Å². The van der Waals surface area contributed by atoms with Crippen molar-refractivity contribution in [1.82, 2.24) is 5.27 Å². The summed E-state index contributed by atoms with van der Waals surface area (Å²) in [5.74, 6) is -0.306. The molecule has 2 aromatic carbocycles. The second kappa shape index (κ2) is 7.12. The topological polar surface area (TPSA) is 138 Å². The molecular weight excluding hydrogens is 356 g/mol. The standard InChI is InChI=1S/C17H14N4O6/c1-10-3-4-12(21(24)25)9-14(10)18-16(22)15-17(23)27-19-20(15)11-5-7-13(26-2)8-6-11/h3-9H,1-2H3,(H-,18,19,22,23). The van der Waals surface area contributed by atoms with Crippen LogP contribution in [0, 0.1) is 17.0 Å². The lowest BCUT2D eigenvalue weighted by Crippen LogP contribution is -2.44. The van der Waals surface area contributed by atoms with Crippen LogP contribution < -0.4 is 20.2 Å². The Labute approximate surface area is 152 Å². The largest absolute Gasteiger partial charge is 0.854 e. The zero-order valence-electron chi connectivity index (χ0n) is 14.3. The highest BCUT2D eigenvalue weighted by molar-refractivity contribution is 5.89. The van der Waals surface area contributed by atoms with Gasteiger partial charge in [0.05, 0.1) is 23.6 Å². The van der Waals surface area contributed by atoms with Crippen LogP contribution in [0.2, 0.25) is 0 Å². The molecule has 1 heterocycles. The Balaban J connectivity index is 2.08. The fraction of sp³-hybridized carbons (Fsp3) is 0.118. The predicted molar refractivity (Wildman–Crippen MR) is 91.4 cm³/mol. The van der Waals surface area contributed by atoms with E-state index in [9.17, 15) is 20.0 Å². The Morgan fingerprint density at radius 1 is 1.26 bits per heavy atom. The maximum Gasteiger partial charge on any atom is 0.436 e. The minimum Gasteiger partial charge on any atom is -0.854 e. The van der Waals surface area contributed by atoms with Gasteiger partial charge in [0, 0.05) is 24.3 Å². The number of benzene rings is 2. The minimum atomic E-state index is -0.914. The van der Waals surface area contributed by atoms with Gasteiger partial charge in [0.2, 0.25) is 5.69 Å². The van der Waals surface area contributed by atoms with E-state index in [1.165, 1.54) is 25.3 Å². The maximum atomic E-state index is 12.6. The summed E-state index contributed by atoms with van der Waals surface area (Å²) in [6, 6.07) is 10.5. The number of rotatable bonds is 5. The van der Waals surface area contributed by atoms with Crippen LogP contribution in [0.4, 0.5) is 11.4 Å². The molecule has 0 radical (unpaired) electrons. The number of aryl methyl sites for hydroxylation is 1. The van der Waals surface area contributed by atoms with Crippen LogP contribution in [0.3, 0.4) is 0 Å². The molecule has 0 aliphatic heterocycles. The van der Waals surface area contributed by atoms with E-state index in [2.05, 4.69) is 10.3 Å². The highest BCUT2D eigenvalue weighted by Gasteiger charge is 2.24. The van der Waals surface area contributed by atoms with Crippen molar-refractivity contribution in [1.29, 1.82) is 0 Å². The monoisotopic (exact) mass is 370 g/mol. The van der Waals surface area contributed by atoms with Gasteiger partial charge in [-0.15, -0.1) is 0 Å². The van der Waals surface area contributed by atoms with Gasteiger partial charge in [-0.25, -0.2) is 4.79 Å². The second-order valence-corrected chi connectivity index (χ2v) is 5.51. The number of aliphatic imine (C=N–C) groups is 1. The number of nitro benzene ring substituents is 1. The molecule has 1 aromatic heterocycles. The lowest BCUT2D eigenvalue weighted by Gasteiger charge is -2.06. The number of methoxy groups -OCH3 is 1. The van der Waals surface area contributed by atoms with Crippen molar-refractivity contribution in [3.05, 3.63) is 74.3 Å². The third-order valence-corrected chi connectivity index (χ3v) is 3.81. The zero-order chi connectivity index (χ0) is 19.6. The highest BCUT2D eigenvalue weighted by Crippen LogP contribution is 2.24. The molecule has 0 spiro atoms. The van der Waals surface area contributed by atoms with Gasteiger partial charge < -0.3 is 9.84 Å². The van der Waals surface area contributed by atoms with Crippen molar-refractivity contribution in [2.24, 2.45) is 4.99 Å². The van der Waals surface area contributed by atoms with Gasteiger partial charge in [-0.2, -0.15) is 0 Å². The zero-order valence-corrected chi connectivity index (χ0v) is 14.3. The maximum absolute atomic E-state index is 12.6. The Morgan fingerprint density at radius 3 is 2.59 bits per heavy atom. The molecule has 0 saturated heterocycles. The first-order valence-electron chi connectivity index (χ1n) is 7.70. The number of aromatic amines is 1. The molecular formula is C17H14N4O6. The molecule has 1 N–H and O–H groups in total. The van der Waals surface area contributed by atoms with E-state index in [1.54, 1.807) is 31.2 Å². The lowest BCUT2D eigenvalue weighted by atomic mass is 10.2. The van der Waals surface area contributed by atoms with E-state index in [-0.39, 0.29) is 17.1 Å². The SMILES string of the molecule is COc1ccc(-[n+]2[nH]oc(=O)c2C([O-])=Nc2cc([N+](=O)[O-])ccc2C)cc1. The number of non-ortho nitro benzene ring substituents is 1. The number of hydrogen-bond donors (Lipinski definition) is 1. The van der Waals surface area contributed by atoms with Crippen LogP contribution in [0.1, 0.15) is 11.3 Å². The fourth-order valence-corrected chi connectivity index (χ4v) is 2.36. The Morgan fingerprint density at radius 2 is 1.96 bits per heavy atom. The first kappa shape index (κ1) is 17.9. The summed E-state index contributed by atoms with van der Waals surface area (Å²) in [6.45, 7) is 1.65. The van der Waals surface area contributed by atoms with Crippen molar-refractivity contribution in [3.63, 3.8) is 0 Å². The fourth-order valence-electron chi connectivity index (χ4n) is 2.36. The van der Waals surface area contributed by atoms with Crippen molar-refractivity contribution >= 4 is 17.3 Å². The quantitative estimate of drug-likeness (QED) is 0.233. The number of ether oxygens (including phenoxy) is 1. The molecule has 0 saturated carbocycles. The van der Waals surface area contributed by atoms with E-state index < -0.39 is 16.4 Å². The van der Waals surface area contributed by atoms with Crippen LogP contribution in [0.5, 0.6) is 5.75 Å². The van der Waals surface area contributed by atoms with Gasteiger partial charge in [-0.05, 0) is 34.6 Å². The Kier molecular flexibility index (Phi) is 4.71. The summed E-state index contributed by atoms with van der Waals surface area (Å²) in [5.41, 5.74) is -0.415. The van der Waals surface area contributed by atoms with Crippen LogP contribution in [-0.2, 0) is 0 Å². The molecule has 0 amide bonds. The number of H-pyrrole nitrogens is 1. The van der Waals surface area contributed by atoms with Crippen molar-refractivity contribution in [3.8, 4) is 11.4 Å². The molecule has 0 fully saturated rings. The van der Waals surface area contributed by atoms with Gasteiger partial charge in [0.15, 0.2) is 0 Å². The summed E-state index contributed by atoms with van der Waals surface area (Å²) in [4.78, 5) is 26.2. The molecule has 0 bridgehead atoms. The molecule has 3 aromatic rings. The number of aromatic nitrogens is 2. The van der Waals surface area contributed by atoms with Crippen molar-refractivity contribution in [2.45, 2.75) is 6.92 Å². The third-order valence-electron chi connectivity index (χ3n) is 3.81. The summed E-state index contributed by atoms with van der Waals surface area (Å²) in [6.07, 6.45) is 0. The summed E-state index contributed by atoms with van der Waals surface area (Å²) in [5, 5.41) is 25.8. The molecule has 27 heavy (non-hydrogen) atoms. The molecule has 3 rings (SSSR count). The van der Waals surface area contributed by atoms with E-state index in [1.807, 2.05) is 0 Å². The van der Waals surface area contributed by atoms with E-state index in [0.717, 1.165) is 4.68 Å². The first-order chi connectivity index (χ1) is 12.9. The van der Waals surface area contributed by atoms with E-state index in [0.29, 0.717) is 17.0 Å². The summed E-state index contributed by atoms with van der Waals surface area (Å²) >= 11 is 0. The smallest absolute Gasteiger partial charge is 0.436 e. The highest BCUT2D eigenvalue weighted by atomic mass is 16.6. The second-order valence-electron chi connectivity index (χ2n) is 5.51. The van der Waals surface area contributed by atoms with E-state index in [4.69, 9.17) is 9.26 Å².